The average molecular weight is 314 g/mol. The van der Waals surface area contributed by atoms with E-state index in [0.29, 0.717) is 0 Å². The molecule has 0 radical (unpaired) electrons. The third kappa shape index (κ3) is 5.94. The number of hydrogen-bond donors (Lipinski definition) is 1. The molecule has 0 aliphatic heterocycles. The molecule has 0 aliphatic carbocycles. The summed E-state index contributed by atoms with van der Waals surface area (Å²) < 4.78 is 23.5. The number of amides is 1. The molecule has 0 saturated carbocycles. The molecular formula is C14H19FN2O5. The Hall–Kier alpha value is -2.38. The standard InChI is InChI=1S/C14H19FN2O5/c1-9(8-16-13(18)22-14(2,3)4)21-12-7-10(15)5-6-11(12)17(19)20/h5-7,9H,8H2,1-4H3,(H,16,18)/t9-/m1/s1. The summed E-state index contributed by atoms with van der Waals surface area (Å²) in [4.78, 5) is 21.7. The monoisotopic (exact) mass is 314 g/mol. The van der Waals surface area contributed by atoms with Crippen LogP contribution >= 0.6 is 0 Å². The van der Waals surface area contributed by atoms with Crippen molar-refractivity contribution in [2.45, 2.75) is 39.4 Å². The number of carbonyl (C=O) groups excluding carboxylic acids is 1. The Balaban J connectivity index is 2.62. The van der Waals surface area contributed by atoms with Crippen LogP contribution < -0.4 is 10.1 Å². The van der Waals surface area contributed by atoms with Crippen LogP contribution in [0.4, 0.5) is 14.9 Å². The van der Waals surface area contributed by atoms with E-state index < -0.39 is 28.5 Å². The van der Waals surface area contributed by atoms with Crippen molar-refractivity contribution in [1.82, 2.24) is 5.32 Å². The second-order valence-corrected chi connectivity index (χ2v) is 5.68. The van der Waals surface area contributed by atoms with Gasteiger partial charge in [0.25, 0.3) is 0 Å². The molecule has 122 valence electrons. The Morgan fingerprint density at radius 2 is 2.09 bits per heavy atom. The van der Waals surface area contributed by atoms with E-state index >= 15 is 0 Å². The van der Waals surface area contributed by atoms with Gasteiger partial charge in [-0.1, -0.05) is 0 Å². The first-order valence-corrected chi connectivity index (χ1v) is 6.66. The summed E-state index contributed by atoms with van der Waals surface area (Å²) in [7, 11) is 0. The fourth-order valence-corrected chi connectivity index (χ4v) is 1.53. The Morgan fingerprint density at radius 3 is 2.64 bits per heavy atom. The maximum atomic E-state index is 13.2. The molecule has 0 aromatic heterocycles. The summed E-state index contributed by atoms with van der Waals surface area (Å²) in [6, 6.07) is 2.94. The van der Waals surface area contributed by atoms with Crippen LogP contribution in [0.1, 0.15) is 27.7 Å². The van der Waals surface area contributed by atoms with Crippen LogP contribution in [0.25, 0.3) is 0 Å². The fraction of sp³-hybridized carbons (Fsp3) is 0.500. The predicted octanol–water partition coefficient (Wildman–Crippen LogP) is 3.03. The van der Waals surface area contributed by atoms with Gasteiger partial charge in [-0.15, -0.1) is 0 Å². The molecule has 0 bridgehead atoms. The fourth-order valence-electron chi connectivity index (χ4n) is 1.53. The van der Waals surface area contributed by atoms with Gasteiger partial charge in [0.05, 0.1) is 11.5 Å². The molecule has 7 nitrogen and oxygen atoms in total. The van der Waals surface area contributed by atoms with Crippen molar-refractivity contribution in [3.05, 3.63) is 34.1 Å². The smallest absolute Gasteiger partial charge is 0.407 e. The highest BCUT2D eigenvalue weighted by Crippen LogP contribution is 2.28. The predicted molar refractivity (Wildman–Crippen MR) is 77.4 cm³/mol. The van der Waals surface area contributed by atoms with Crippen LogP contribution in [0, 0.1) is 15.9 Å². The molecule has 1 aromatic rings. The van der Waals surface area contributed by atoms with E-state index in [2.05, 4.69) is 5.32 Å². The average Bonchev–Trinajstić information content (AvgIpc) is 2.34. The number of hydrogen-bond acceptors (Lipinski definition) is 5. The Morgan fingerprint density at radius 1 is 1.45 bits per heavy atom. The molecule has 8 heteroatoms. The lowest BCUT2D eigenvalue weighted by molar-refractivity contribution is -0.386. The number of nitrogens with zero attached hydrogens (tertiary/aromatic N) is 1. The minimum absolute atomic E-state index is 0.0581. The third-order valence-electron chi connectivity index (χ3n) is 2.38. The molecule has 1 N–H and O–H groups in total. The van der Waals surface area contributed by atoms with Gasteiger partial charge in [0.1, 0.15) is 17.5 Å². The number of rotatable bonds is 5. The topological polar surface area (TPSA) is 90.7 Å². The number of ether oxygens (including phenoxy) is 2. The van der Waals surface area contributed by atoms with E-state index in [1.807, 2.05) is 0 Å². The number of benzene rings is 1. The quantitative estimate of drug-likeness (QED) is 0.666. The SMILES string of the molecule is C[C@H](CNC(=O)OC(C)(C)C)Oc1cc(F)ccc1[N+](=O)[O-]. The number of halogens is 1. The maximum absolute atomic E-state index is 13.2. The Labute approximate surface area is 127 Å². The molecule has 0 saturated heterocycles. The lowest BCUT2D eigenvalue weighted by atomic mass is 10.2. The van der Waals surface area contributed by atoms with Gasteiger partial charge in [0.15, 0.2) is 5.75 Å². The zero-order chi connectivity index (χ0) is 16.9. The number of alkyl carbamates (subject to hydrolysis) is 1. The van der Waals surface area contributed by atoms with Crippen molar-refractivity contribution in [1.29, 1.82) is 0 Å². The van der Waals surface area contributed by atoms with E-state index in [-0.39, 0.29) is 18.0 Å². The summed E-state index contributed by atoms with van der Waals surface area (Å²) in [5.41, 5.74) is -0.972. The first-order valence-electron chi connectivity index (χ1n) is 6.66. The second kappa shape index (κ2) is 7.06. The highest BCUT2D eigenvalue weighted by molar-refractivity contribution is 5.67. The van der Waals surface area contributed by atoms with Gasteiger partial charge in [-0.2, -0.15) is 0 Å². The normalized spacial score (nSPS) is 12.4. The van der Waals surface area contributed by atoms with Crippen LogP contribution in [-0.2, 0) is 4.74 Å². The molecule has 0 fully saturated rings. The lowest BCUT2D eigenvalue weighted by Crippen LogP contribution is -2.37. The van der Waals surface area contributed by atoms with Crippen molar-refractivity contribution >= 4 is 11.8 Å². The van der Waals surface area contributed by atoms with Crippen LogP contribution in [0.15, 0.2) is 18.2 Å². The van der Waals surface area contributed by atoms with E-state index in [4.69, 9.17) is 9.47 Å². The summed E-state index contributed by atoms with van der Waals surface area (Å²) in [6.07, 6.45) is -1.23. The molecule has 1 atom stereocenters. The number of nitro groups is 1. The van der Waals surface area contributed by atoms with Crippen LogP contribution in [0.5, 0.6) is 5.75 Å². The van der Waals surface area contributed by atoms with Crippen molar-refractivity contribution in [2.75, 3.05) is 6.54 Å². The highest BCUT2D eigenvalue weighted by Gasteiger charge is 2.20. The number of nitro benzene ring substituents is 1. The van der Waals surface area contributed by atoms with Crippen LogP contribution in [0.3, 0.4) is 0 Å². The van der Waals surface area contributed by atoms with Gasteiger partial charge in [-0.05, 0) is 33.8 Å². The minimum atomic E-state index is -0.664. The molecule has 1 amide bonds. The maximum Gasteiger partial charge on any atom is 0.407 e. The van der Waals surface area contributed by atoms with Gasteiger partial charge >= 0.3 is 11.8 Å². The van der Waals surface area contributed by atoms with Crippen molar-refractivity contribution in [3.8, 4) is 5.75 Å². The number of nitrogens with one attached hydrogen (secondary N) is 1. The van der Waals surface area contributed by atoms with Gasteiger partial charge in [0, 0.05) is 12.1 Å². The van der Waals surface area contributed by atoms with E-state index in [9.17, 15) is 19.3 Å². The van der Waals surface area contributed by atoms with E-state index in [1.54, 1.807) is 27.7 Å². The molecule has 0 unspecified atom stereocenters. The largest absolute Gasteiger partial charge is 0.482 e. The molecular weight excluding hydrogens is 295 g/mol. The summed E-state index contributed by atoms with van der Waals surface area (Å²) in [6.45, 7) is 6.82. The van der Waals surface area contributed by atoms with E-state index in [0.717, 1.165) is 18.2 Å². The lowest BCUT2D eigenvalue weighted by Gasteiger charge is -2.21. The van der Waals surface area contributed by atoms with Gasteiger partial charge < -0.3 is 14.8 Å². The molecule has 1 aromatic carbocycles. The van der Waals surface area contributed by atoms with Gasteiger partial charge in [0.2, 0.25) is 0 Å². The van der Waals surface area contributed by atoms with Gasteiger partial charge in [-0.25, -0.2) is 9.18 Å². The zero-order valence-corrected chi connectivity index (χ0v) is 12.9. The van der Waals surface area contributed by atoms with Gasteiger partial charge in [-0.3, -0.25) is 10.1 Å². The Bertz CT molecular complexity index is 557. The second-order valence-electron chi connectivity index (χ2n) is 5.68. The molecule has 1 rings (SSSR count). The summed E-state index contributed by atoms with van der Waals surface area (Å²) in [5, 5.41) is 13.3. The highest BCUT2D eigenvalue weighted by atomic mass is 19.1. The van der Waals surface area contributed by atoms with Crippen LogP contribution in [-0.4, -0.2) is 29.3 Å². The van der Waals surface area contributed by atoms with Crippen molar-refractivity contribution in [2.24, 2.45) is 0 Å². The van der Waals surface area contributed by atoms with E-state index in [1.165, 1.54) is 0 Å². The first kappa shape index (κ1) is 17.7. The molecule has 0 spiro atoms. The molecule has 0 heterocycles. The van der Waals surface area contributed by atoms with Crippen molar-refractivity contribution < 1.29 is 23.6 Å². The first-order chi connectivity index (χ1) is 10.1. The zero-order valence-electron chi connectivity index (χ0n) is 12.9. The van der Waals surface area contributed by atoms with Crippen molar-refractivity contribution in [3.63, 3.8) is 0 Å². The minimum Gasteiger partial charge on any atom is -0.482 e. The number of carbonyl (C=O) groups is 1. The summed E-state index contributed by atoms with van der Waals surface area (Å²) in [5.74, 6) is -0.837. The Kier molecular flexibility index (Phi) is 5.67. The molecule has 22 heavy (non-hydrogen) atoms. The summed E-state index contributed by atoms with van der Waals surface area (Å²) >= 11 is 0. The molecule has 0 aliphatic rings. The third-order valence-corrected chi connectivity index (χ3v) is 2.38. The van der Waals surface area contributed by atoms with Crippen LogP contribution in [0.2, 0.25) is 0 Å².